The molecule has 0 aliphatic rings. The van der Waals surface area contributed by atoms with Gasteiger partial charge in [-0.15, -0.1) is 0 Å². The average molecular weight is 239 g/mol. The summed E-state index contributed by atoms with van der Waals surface area (Å²) < 4.78 is 0. The van der Waals surface area contributed by atoms with Gasteiger partial charge in [0, 0.05) is 23.0 Å². The van der Waals surface area contributed by atoms with Crippen LogP contribution in [0, 0.1) is 0 Å². The van der Waals surface area contributed by atoms with Gasteiger partial charge in [0.15, 0.2) is 0 Å². The summed E-state index contributed by atoms with van der Waals surface area (Å²) in [5.41, 5.74) is 9.36. The molecule has 1 rings (SSSR count). The van der Waals surface area contributed by atoms with E-state index in [0.29, 0.717) is 6.54 Å². The molecule has 0 radical (unpaired) electrons. The van der Waals surface area contributed by atoms with E-state index in [0.717, 1.165) is 24.5 Å². The molecule has 0 spiro atoms. The Morgan fingerprint density at radius 3 is 2.69 bits per heavy atom. The third-order valence-corrected chi connectivity index (χ3v) is 2.48. The molecule has 4 nitrogen and oxygen atoms in total. The molecule has 0 fully saturated rings. The minimum Gasteiger partial charge on any atom is -0.302 e. The average Bonchev–Trinajstić information content (AvgIpc) is 2.28. The predicted molar refractivity (Wildman–Crippen MR) is 66.4 cm³/mol. The first-order chi connectivity index (χ1) is 7.72. The van der Waals surface area contributed by atoms with Crippen LogP contribution in [0.3, 0.4) is 0 Å². The Morgan fingerprint density at radius 2 is 2.06 bits per heavy atom. The molecule has 1 aromatic carbocycles. The molecule has 0 amide bonds. The Kier molecular flexibility index (Phi) is 5.72. The predicted octanol–water partition coefficient (Wildman–Crippen LogP) is 3.47. The number of hydrogen-bond donors (Lipinski definition) is 0. The molecule has 16 heavy (non-hydrogen) atoms. The normalized spacial score (nSPS) is 10.2. The lowest BCUT2D eigenvalue weighted by Crippen LogP contribution is -2.19. The van der Waals surface area contributed by atoms with E-state index >= 15 is 0 Å². The van der Waals surface area contributed by atoms with Gasteiger partial charge in [-0.3, -0.25) is 0 Å². The van der Waals surface area contributed by atoms with Crippen LogP contribution in [-0.2, 0) is 6.54 Å². The van der Waals surface area contributed by atoms with E-state index in [2.05, 4.69) is 14.9 Å². The SMILES string of the molecule is CN(CCCN=[N+]=[N-])Cc1ccc(Cl)cc1. The fourth-order valence-corrected chi connectivity index (χ4v) is 1.56. The second-order valence-corrected chi connectivity index (χ2v) is 4.11. The van der Waals surface area contributed by atoms with Crippen molar-refractivity contribution in [2.24, 2.45) is 5.11 Å². The zero-order valence-corrected chi connectivity index (χ0v) is 10.1. The Balaban J connectivity index is 2.30. The van der Waals surface area contributed by atoms with Gasteiger partial charge in [0.05, 0.1) is 0 Å². The monoisotopic (exact) mass is 238 g/mol. The van der Waals surface area contributed by atoms with Crippen LogP contribution in [0.2, 0.25) is 5.02 Å². The van der Waals surface area contributed by atoms with Crippen LogP contribution in [-0.4, -0.2) is 25.0 Å². The molecular weight excluding hydrogens is 224 g/mol. The van der Waals surface area contributed by atoms with Gasteiger partial charge in [-0.2, -0.15) is 0 Å². The smallest absolute Gasteiger partial charge is 0.0406 e. The van der Waals surface area contributed by atoms with Gasteiger partial charge in [-0.05, 0) is 43.2 Å². The van der Waals surface area contributed by atoms with Gasteiger partial charge >= 0.3 is 0 Å². The van der Waals surface area contributed by atoms with Crippen LogP contribution in [0.4, 0.5) is 0 Å². The molecule has 0 heterocycles. The maximum Gasteiger partial charge on any atom is 0.0406 e. The number of nitrogens with zero attached hydrogens (tertiary/aromatic N) is 4. The quantitative estimate of drug-likeness (QED) is 0.324. The van der Waals surface area contributed by atoms with Crippen molar-refractivity contribution in [3.63, 3.8) is 0 Å². The highest BCUT2D eigenvalue weighted by atomic mass is 35.5. The van der Waals surface area contributed by atoms with Gasteiger partial charge in [-0.1, -0.05) is 28.8 Å². The number of rotatable bonds is 6. The van der Waals surface area contributed by atoms with Crippen LogP contribution >= 0.6 is 11.6 Å². The Hall–Kier alpha value is -1.22. The van der Waals surface area contributed by atoms with Crippen LogP contribution in [0.25, 0.3) is 10.4 Å². The van der Waals surface area contributed by atoms with Crippen LogP contribution in [0.1, 0.15) is 12.0 Å². The third kappa shape index (κ3) is 5.03. The lowest BCUT2D eigenvalue weighted by molar-refractivity contribution is 0.324. The summed E-state index contributed by atoms with van der Waals surface area (Å²) in [5, 5.41) is 4.26. The van der Waals surface area contributed by atoms with Gasteiger partial charge in [0.25, 0.3) is 0 Å². The van der Waals surface area contributed by atoms with Crippen molar-refractivity contribution < 1.29 is 0 Å². The number of hydrogen-bond acceptors (Lipinski definition) is 2. The molecule has 0 unspecified atom stereocenters. The van der Waals surface area contributed by atoms with Gasteiger partial charge < -0.3 is 4.90 Å². The van der Waals surface area contributed by atoms with Crippen molar-refractivity contribution in [3.05, 3.63) is 45.3 Å². The highest BCUT2D eigenvalue weighted by Gasteiger charge is 1.99. The van der Waals surface area contributed by atoms with Gasteiger partial charge in [0.1, 0.15) is 0 Å². The highest BCUT2D eigenvalue weighted by Crippen LogP contribution is 2.10. The summed E-state index contributed by atoms with van der Waals surface area (Å²) in [6.45, 7) is 2.36. The van der Waals surface area contributed by atoms with E-state index in [4.69, 9.17) is 17.1 Å². The van der Waals surface area contributed by atoms with E-state index in [-0.39, 0.29) is 0 Å². The molecule has 0 bridgehead atoms. The molecule has 0 aliphatic carbocycles. The fraction of sp³-hybridized carbons (Fsp3) is 0.455. The Labute approximate surface area is 100 Å². The maximum absolute atomic E-state index is 8.12. The second kappa shape index (κ2) is 7.12. The first-order valence-electron chi connectivity index (χ1n) is 5.16. The molecule has 1 aromatic rings. The molecule has 0 atom stereocenters. The lowest BCUT2D eigenvalue weighted by atomic mass is 10.2. The molecule has 0 saturated carbocycles. The summed E-state index contributed by atoms with van der Waals surface area (Å²) in [5.74, 6) is 0. The summed E-state index contributed by atoms with van der Waals surface area (Å²) in [7, 11) is 2.05. The first kappa shape index (κ1) is 12.8. The topological polar surface area (TPSA) is 52.0 Å². The molecule has 0 aliphatic heterocycles. The van der Waals surface area contributed by atoms with Crippen molar-refractivity contribution in [1.29, 1.82) is 0 Å². The van der Waals surface area contributed by atoms with Crippen molar-refractivity contribution in [3.8, 4) is 0 Å². The van der Waals surface area contributed by atoms with Crippen molar-refractivity contribution in [1.82, 2.24) is 4.90 Å². The standard InChI is InChI=1S/C11H15ClN4/c1-16(8-2-7-14-15-13)9-10-3-5-11(12)6-4-10/h3-6H,2,7-9H2,1H3. The van der Waals surface area contributed by atoms with E-state index < -0.39 is 0 Å². The minimum atomic E-state index is 0.557. The largest absolute Gasteiger partial charge is 0.302 e. The zero-order chi connectivity index (χ0) is 11.8. The summed E-state index contributed by atoms with van der Waals surface area (Å²) in [6, 6.07) is 7.83. The lowest BCUT2D eigenvalue weighted by Gasteiger charge is -2.15. The molecular formula is C11H15ClN4. The van der Waals surface area contributed by atoms with E-state index in [1.54, 1.807) is 0 Å². The maximum atomic E-state index is 8.12. The van der Waals surface area contributed by atoms with Crippen LogP contribution in [0.5, 0.6) is 0 Å². The molecule has 5 heteroatoms. The summed E-state index contributed by atoms with van der Waals surface area (Å²) >= 11 is 5.81. The molecule has 86 valence electrons. The van der Waals surface area contributed by atoms with E-state index in [9.17, 15) is 0 Å². The van der Waals surface area contributed by atoms with Crippen molar-refractivity contribution in [2.75, 3.05) is 20.1 Å². The van der Waals surface area contributed by atoms with E-state index in [1.165, 1.54) is 5.56 Å². The molecule has 0 N–H and O–H groups in total. The second-order valence-electron chi connectivity index (χ2n) is 3.67. The third-order valence-electron chi connectivity index (χ3n) is 2.23. The van der Waals surface area contributed by atoms with Gasteiger partial charge in [0.2, 0.25) is 0 Å². The highest BCUT2D eigenvalue weighted by molar-refractivity contribution is 6.30. The zero-order valence-electron chi connectivity index (χ0n) is 9.30. The van der Waals surface area contributed by atoms with Crippen LogP contribution in [0.15, 0.2) is 29.4 Å². The van der Waals surface area contributed by atoms with Gasteiger partial charge in [-0.25, -0.2) is 0 Å². The fourth-order valence-electron chi connectivity index (χ4n) is 1.44. The summed E-state index contributed by atoms with van der Waals surface area (Å²) in [6.07, 6.45) is 0.883. The van der Waals surface area contributed by atoms with Crippen molar-refractivity contribution >= 4 is 11.6 Å². The summed E-state index contributed by atoms with van der Waals surface area (Å²) in [4.78, 5) is 4.91. The molecule has 0 saturated heterocycles. The minimum absolute atomic E-state index is 0.557. The first-order valence-corrected chi connectivity index (χ1v) is 5.54. The number of halogens is 1. The van der Waals surface area contributed by atoms with Crippen molar-refractivity contribution in [2.45, 2.75) is 13.0 Å². The van der Waals surface area contributed by atoms with E-state index in [1.807, 2.05) is 31.3 Å². The Morgan fingerprint density at radius 1 is 1.38 bits per heavy atom. The number of benzene rings is 1. The van der Waals surface area contributed by atoms with Crippen LogP contribution < -0.4 is 0 Å². The molecule has 0 aromatic heterocycles. The Bertz CT molecular complexity index is 357. The number of azide groups is 1.